The van der Waals surface area contributed by atoms with E-state index in [0.29, 0.717) is 21.3 Å². The van der Waals surface area contributed by atoms with Gasteiger partial charge in [-0.3, -0.25) is 4.79 Å². The Kier molecular flexibility index (Phi) is 4.85. The van der Waals surface area contributed by atoms with Gasteiger partial charge in [-0.25, -0.2) is 0 Å². The van der Waals surface area contributed by atoms with Crippen LogP contribution in [0.1, 0.15) is 11.1 Å². The molecule has 0 radical (unpaired) electrons. The first-order valence-corrected chi connectivity index (χ1v) is 6.98. The number of carbonyl (C=O) groups excluding carboxylic acids is 1. The number of halogens is 2. The molecule has 0 bridgehead atoms. The van der Waals surface area contributed by atoms with Crippen molar-refractivity contribution in [3.05, 3.63) is 63.6 Å². The number of amides is 1. The van der Waals surface area contributed by atoms with Crippen LogP contribution < -0.4 is 4.90 Å². The van der Waals surface area contributed by atoms with E-state index >= 15 is 0 Å². The molecule has 0 aromatic heterocycles. The smallest absolute Gasteiger partial charge is 0.231 e. The van der Waals surface area contributed by atoms with Crippen molar-refractivity contribution in [2.75, 3.05) is 11.9 Å². The number of carbonyl (C=O) groups is 1. The number of likely N-dealkylation sites (N-methyl/N-ethyl adjacent to an activating group) is 1. The van der Waals surface area contributed by atoms with Crippen molar-refractivity contribution < 1.29 is 4.79 Å². The second kappa shape index (κ2) is 6.62. The minimum absolute atomic E-state index is 0.129. The van der Waals surface area contributed by atoms with E-state index in [1.807, 2.05) is 0 Å². The molecule has 1 amide bonds. The molecule has 0 heterocycles. The Labute approximate surface area is 133 Å². The van der Waals surface area contributed by atoms with Crippen LogP contribution in [0.3, 0.4) is 0 Å². The second-order valence-electron chi connectivity index (χ2n) is 4.51. The maximum Gasteiger partial charge on any atom is 0.231 e. The molecule has 21 heavy (non-hydrogen) atoms. The summed E-state index contributed by atoms with van der Waals surface area (Å²) < 4.78 is 0. The Morgan fingerprint density at radius 3 is 2.57 bits per heavy atom. The van der Waals surface area contributed by atoms with E-state index in [1.54, 1.807) is 49.5 Å². The zero-order valence-electron chi connectivity index (χ0n) is 11.3. The van der Waals surface area contributed by atoms with Gasteiger partial charge in [-0.2, -0.15) is 5.26 Å². The Morgan fingerprint density at radius 1 is 1.19 bits per heavy atom. The molecule has 2 aromatic rings. The highest BCUT2D eigenvalue weighted by atomic mass is 35.5. The number of rotatable bonds is 3. The van der Waals surface area contributed by atoms with Crippen LogP contribution in [0.25, 0.3) is 0 Å². The zero-order chi connectivity index (χ0) is 15.4. The number of benzene rings is 2. The summed E-state index contributed by atoms with van der Waals surface area (Å²) in [6.45, 7) is 0. The number of nitrogens with zero attached hydrogens (tertiary/aromatic N) is 2. The summed E-state index contributed by atoms with van der Waals surface area (Å²) in [5.41, 5.74) is 1.82. The summed E-state index contributed by atoms with van der Waals surface area (Å²) in [7, 11) is 1.65. The van der Waals surface area contributed by atoms with E-state index in [9.17, 15) is 4.79 Å². The lowest BCUT2D eigenvalue weighted by Crippen LogP contribution is -2.28. The maximum atomic E-state index is 12.3. The van der Waals surface area contributed by atoms with Crippen molar-refractivity contribution in [1.82, 2.24) is 0 Å². The molecule has 0 aliphatic heterocycles. The monoisotopic (exact) mass is 318 g/mol. The van der Waals surface area contributed by atoms with Gasteiger partial charge >= 0.3 is 0 Å². The average molecular weight is 319 g/mol. The minimum Gasteiger partial charge on any atom is -0.314 e. The van der Waals surface area contributed by atoms with Crippen LogP contribution >= 0.6 is 23.2 Å². The van der Waals surface area contributed by atoms with Crippen LogP contribution in [-0.2, 0) is 11.2 Å². The normalized spacial score (nSPS) is 10.0. The molecule has 0 aliphatic rings. The first-order valence-electron chi connectivity index (χ1n) is 6.22. The number of hydrogen-bond donors (Lipinski definition) is 0. The van der Waals surface area contributed by atoms with Gasteiger partial charge in [0.15, 0.2) is 0 Å². The van der Waals surface area contributed by atoms with Crippen molar-refractivity contribution in [2.45, 2.75) is 6.42 Å². The highest BCUT2D eigenvalue weighted by Gasteiger charge is 2.15. The van der Waals surface area contributed by atoms with Gasteiger partial charge in [0, 0.05) is 7.05 Å². The van der Waals surface area contributed by atoms with Crippen LogP contribution in [0.5, 0.6) is 0 Å². The molecule has 0 saturated carbocycles. The first-order chi connectivity index (χ1) is 10.0. The number of anilines is 1. The van der Waals surface area contributed by atoms with E-state index in [4.69, 9.17) is 28.5 Å². The summed E-state index contributed by atoms with van der Waals surface area (Å²) in [4.78, 5) is 13.8. The molecule has 5 heteroatoms. The highest BCUT2D eigenvalue weighted by molar-refractivity contribution is 6.42. The SMILES string of the molecule is CN(C(=O)Cc1ccc(Cl)c(Cl)c1)c1ccccc1C#N. The molecule has 0 spiro atoms. The van der Waals surface area contributed by atoms with E-state index in [2.05, 4.69) is 6.07 Å². The molecule has 0 aliphatic carbocycles. The van der Waals surface area contributed by atoms with Gasteiger partial charge in [-0.05, 0) is 29.8 Å². The van der Waals surface area contributed by atoms with Crippen molar-refractivity contribution >= 4 is 34.8 Å². The minimum atomic E-state index is -0.129. The fourth-order valence-corrected chi connectivity index (χ4v) is 2.26. The predicted molar refractivity (Wildman–Crippen MR) is 84.7 cm³/mol. The second-order valence-corrected chi connectivity index (χ2v) is 5.32. The topological polar surface area (TPSA) is 44.1 Å². The lowest BCUT2D eigenvalue weighted by atomic mass is 10.1. The Morgan fingerprint density at radius 2 is 1.90 bits per heavy atom. The molecule has 2 rings (SSSR count). The van der Waals surface area contributed by atoms with Crippen LogP contribution in [0.4, 0.5) is 5.69 Å². The third-order valence-corrected chi connectivity index (χ3v) is 3.84. The molecule has 0 N–H and O–H groups in total. The standard InChI is InChI=1S/C16H12Cl2N2O/c1-20(15-5-3-2-4-12(15)10-19)16(21)9-11-6-7-13(17)14(18)8-11/h2-8H,9H2,1H3. The fraction of sp³-hybridized carbons (Fsp3) is 0.125. The lowest BCUT2D eigenvalue weighted by molar-refractivity contribution is -0.117. The number of para-hydroxylation sites is 1. The van der Waals surface area contributed by atoms with Gasteiger partial charge < -0.3 is 4.90 Å². The molecule has 0 saturated heterocycles. The van der Waals surface area contributed by atoms with E-state index < -0.39 is 0 Å². The van der Waals surface area contributed by atoms with Gasteiger partial charge in [0.2, 0.25) is 5.91 Å². The molecule has 0 unspecified atom stereocenters. The molecule has 0 atom stereocenters. The lowest BCUT2D eigenvalue weighted by Gasteiger charge is -2.18. The number of hydrogen-bond acceptors (Lipinski definition) is 2. The van der Waals surface area contributed by atoms with Crippen LogP contribution in [0.15, 0.2) is 42.5 Å². The summed E-state index contributed by atoms with van der Waals surface area (Å²) >= 11 is 11.8. The third kappa shape index (κ3) is 3.55. The van der Waals surface area contributed by atoms with E-state index in [-0.39, 0.29) is 12.3 Å². The van der Waals surface area contributed by atoms with Gasteiger partial charge in [0.25, 0.3) is 0 Å². The van der Waals surface area contributed by atoms with Crippen LogP contribution in [0.2, 0.25) is 10.0 Å². The summed E-state index contributed by atoms with van der Waals surface area (Å²) in [5, 5.41) is 9.96. The van der Waals surface area contributed by atoms with Gasteiger partial charge in [-0.15, -0.1) is 0 Å². The quantitative estimate of drug-likeness (QED) is 0.856. The van der Waals surface area contributed by atoms with Crippen molar-refractivity contribution in [2.24, 2.45) is 0 Å². The molecule has 106 valence electrons. The summed E-state index contributed by atoms with van der Waals surface area (Å²) in [6.07, 6.45) is 0.188. The predicted octanol–water partition coefficient (Wildman–Crippen LogP) is 4.07. The largest absolute Gasteiger partial charge is 0.314 e. The summed E-state index contributed by atoms with van der Waals surface area (Å²) in [6, 6.07) is 14.1. The van der Waals surface area contributed by atoms with Crippen molar-refractivity contribution in [3.8, 4) is 6.07 Å². The first kappa shape index (κ1) is 15.4. The van der Waals surface area contributed by atoms with Gasteiger partial charge in [0.1, 0.15) is 6.07 Å². The maximum absolute atomic E-state index is 12.3. The fourth-order valence-electron chi connectivity index (χ4n) is 1.94. The zero-order valence-corrected chi connectivity index (χ0v) is 12.8. The Balaban J connectivity index is 2.20. The van der Waals surface area contributed by atoms with E-state index in [0.717, 1.165) is 5.56 Å². The van der Waals surface area contributed by atoms with Crippen LogP contribution in [0, 0.1) is 11.3 Å². The number of nitriles is 1. The molecular weight excluding hydrogens is 307 g/mol. The van der Waals surface area contributed by atoms with Gasteiger partial charge in [0.05, 0.1) is 27.7 Å². The Bertz CT molecular complexity index is 722. The molecule has 2 aromatic carbocycles. The molecule has 0 fully saturated rings. The third-order valence-electron chi connectivity index (χ3n) is 3.10. The average Bonchev–Trinajstić information content (AvgIpc) is 2.50. The highest BCUT2D eigenvalue weighted by Crippen LogP contribution is 2.24. The van der Waals surface area contributed by atoms with Crippen molar-refractivity contribution in [3.63, 3.8) is 0 Å². The van der Waals surface area contributed by atoms with Crippen molar-refractivity contribution in [1.29, 1.82) is 5.26 Å². The molecule has 3 nitrogen and oxygen atoms in total. The van der Waals surface area contributed by atoms with Crippen LogP contribution in [-0.4, -0.2) is 13.0 Å². The molecular formula is C16H12Cl2N2O. The van der Waals surface area contributed by atoms with Gasteiger partial charge in [-0.1, -0.05) is 41.4 Å². The summed E-state index contributed by atoms with van der Waals surface area (Å²) in [5.74, 6) is -0.129. The van der Waals surface area contributed by atoms with E-state index in [1.165, 1.54) is 4.90 Å². The Hall–Kier alpha value is -2.02.